The van der Waals surface area contributed by atoms with Gasteiger partial charge >= 0.3 is 35.8 Å². The Morgan fingerprint density at radius 2 is 1.10 bits per heavy atom. The van der Waals surface area contributed by atoms with Crippen molar-refractivity contribution in [1.29, 1.82) is 0 Å². The van der Waals surface area contributed by atoms with Gasteiger partial charge in [0.2, 0.25) is 0 Å². The summed E-state index contributed by atoms with van der Waals surface area (Å²) in [6.45, 7) is 13.0. The molecule has 0 amide bonds. The Balaban J connectivity index is 1.55. The van der Waals surface area contributed by atoms with Crippen molar-refractivity contribution in [2.24, 2.45) is 23.2 Å². The first-order chi connectivity index (χ1) is 33.6. The zero-order valence-corrected chi connectivity index (χ0v) is 43.0. The molecule has 0 atom stereocenters. The Morgan fingerprint density at radius 3 is 1.61 bits per heavy atom. The van der Waals surface area contributed by atoms with E-state index in [1.807, 2.05) is 6.07 Å². The summed E-state index contributed by atoms with van der Waals surface area (Å²) in [5, 5.41) is 0. The molecule has 0 radical (unpaired) electrons. The summed E-state index contributed by atoms with van der Waals surface area (Å²) >= 11 is 0. The van der Waals surface area contributed by atoms with E-state index in [2.05, 4.69) is 66.8 Å². The summed E-state index contributed by atoms with van der Waals surface area (Å²) in [5.41, 5.74) is 4.02. The Morgan fingerprint density at radius 1 is 0.586 bits per heavy atom. The first-order valence-electron chi connectivity index (χ1n) is 25.6. The minimum absolute atomic E-state index is 0.0873. The van der Waals surface area contributed by atoms with E-state index >= 15 is 0 Å². The molecule has 0 unspecified atom stereocenters. The van der Waals surface area contributed by atoms with E-state index in [-0.39, 0.29) is 18.8 Å². The lowest BCUT2D eigenvalue weighted by Crippen LogP contribution is -2.44. The number of unbranched alkanes of at least 4 members (excludes halogenated alkanes) is 2. The third kappa shape index (κ3) is 19.0. The van der Waals surface area contributed by atoms with Crippen LogP contribution in [0.25, 0.3) is 11.1 Å². The minimum Gasteiger partial charge on any atom is -0.492 e. The Bertz CT molecular complexity index is 2020. The van der Waals surface area contributed by atoms with E-state index in [1.54, 1.807) is 6.92 Å². The Labute approximate surface area is 416 Å². The van der Waals surface area contributed by atoms with Crippen LogP contribution in [-0.4, -0.2) is 83.1 Å². The number of benzene rings is 2. The smallest absolute Gasteiger partial charge is 0.333 e. The van der Waals surface area contributed by atoms with E-state index in [9.17, 15) is 28.8 Å². The average Bonchev–Trinajstić information content (AvgIpc) is 3.36. The Kier molecular flexibility index (Phi) is 24.2. The highest BCUT2D eigenvalue weighted by Gasteiger charge is 2.38. The van der Waals surface area contributed by atoms with E-state index in [4.69, 9.17) is 23.7 Å². The predicted octanol–water partition coefficient (Wildman–Crippen LogP) is 11.1. The molecule has 2 aliphatic carbocycles. The summed E-state index contributed by atoms with van der Waals surface area (Å²) in [7, 11) is 2.26. The summed E-state index contributed by atoms with van der Waals surface area (Å²) in [5.74, 6) is -1.11. The van der Waals surface area contributed by atoms with Crippen LogP contribution in [0.3, 0.4) is 0 Å². The topological polar surface area (TPSA) is 167 Å². The van der Waals surface area contributed by atoms with Crippen LogP contribution in [0, 0.1) is 23.2 Å². The molecule has 70 heavy (non-hydrogen) atoms. The molecule has 2 aliphatic rings. The third-order valence-electron chi connectivity index (χ3n) is 14.0. The molecular weight excluding hydrogens is 893 g/mol. The summed E-state index contributed by atoms with van der Waals surface area (Å²) < 4.78 is 37.8. The maximum Gasteiger partial charge on any atom is 0.333 e. The van der Waals surface area contributed by atoms with Crippen molar-refractivity contribution in [3.05, 3.63) is 77.4 Å². The molecule has 13 nitrogen and oxygen atoms in total. The van der Waals surface area contributed by atoms with Crippen LogP contribution < -0.4 is 4.74 Å². The molecule has 0 saturated heterocycles. The molecule has 0 spiro atoms. The number of aryl methyl sites for hydroxylation is 2. The van der Waals surface area contributed by atoms with Gasteiger partial charge in [-0.25, -0.2) is 9.59 Å². The number of esters is 6. The molecule has 4 rings (SSSR count). The van der Waals surface area contributed by atoms with Gasteiger partial charge in [-0.05, 0) is 122 Å². The first kappa shape index (κ1) is 57.1. The summed E-state index contributed by atoms with van der Waals surface area (Å²) in [4.78, 5) is 74.4. The number of ether oxygens (including phenoxy) is 7. The monoisotopic (exact) mass is 973 g/mol. The standard InChI is InChI=1S/C57H80O13/c1-9-11-12-14-41-16-18-42(19-17-41)20-21-43-22-24-45(25-23-43)46-26-28-47(29-27-46)49-31-48(15-13-30-66-55(62)39(3)4)50(32-44(49)10-2)67-35-57(38-70-56(63)40(5)6,36-68-53(60)33-51(58)64-7)37-69-54(61)34-52(59)65-8/h26-29,31-32,41-43,45H,3,5,9-25,30,33-38H2,1-2,4,6-8H3. The maximum absolute atomic E-state index is 12.8. The fraction of sp³-hybridized carbons (Fsp3) is 0.614. The van der Waals surface area contributed by atoms with Crippen LogP contribution in [0.5, 0.6) is 5.75 Å². The van der Waals surface area contributed by atoms with Crippen LogP contribution in [0.2, 0.25) is 0 Å². The number of rotatable bonds is 29. The van der Waals surface area contributed by atoms with Gasteiger partial charge in [-0.1, -0.05) is 115 Å². The van der Waals surface area contributed by atoms with Gasteiger partial charge in [-0.2, -0.15) is 0 Å². The van der Waals surface area contributed by atoms with E-state index in [0.29, 0.717) is 36.5 Å². The largest absolute Gasteiger partial charge is 0.492 e. The van der Waals surface area contributed by atoms with Crippen molar-refractivity contribution in [1.82, 2.24) is 0 Å². The van der Waals surface area contributed by atoms with Crippen molar-refractivity contribution < 1.29 is 61.9 Å². The molecule has 2 saturated carbocycles. The van der Waals surface area contributed by atoms with Gasteiger partial charge in [0.25, 0.3) is 0 Å². The number of hydrogen-bond donors (Lipinski definition) is 0. The van der Waals surface area contributed by atoms with Crippen molar-refractivity contribution in [3.8, 4) is 16.9 Å². The lowest BCUT2D eigenvalue weighted by Gasteiger charge is -2.32. The molecule has 0 aromatic heterocycles. The highest BCUT2D eigenvalue weighted by molar-refractivity contribution is 5.91. The highest BCUT2D eigenvalue weighted by Crippen LogP contribution is 2.41. The second kappa shape index (κ2) is 29.7. The summed E-state index contributed by atoms with van der Waals surface area (Å²) in [6.07, 6.45) is 19.1. The minimum atomic E-state index is -1.55. The molecule has 13 heteroatoms. The van der Waals surface area contributed by atoms with Crippen molar-refractivity contribution in [2.45, 2.75) is 156 Å². The van der Waals surface area contributed by atoms with E-state index in [0.717, 1.165) is 54.2 Å². The lowest BCUT2D eigenvalue weighted by atomic mass is 9.74. The SMILES string of the molecule is C=C(C)C(=O)OCCCc1cc(-c2ccc(C3CCC(CCC4CCC(CCCCC)CC4)CC3)cc2)c(CC)cc1OCC(COC(=O)CC(=O)OC)(COC(=O)CC(=O)OC)COC(=O)C(=C)C. The number of methoxy groups -OCH3 is 2. The lowest BCUT2D eigenvalue weighted by molar-refractivity contribution is -0.165. The van der Waals surface area contributed by atoms with Gasteiger partial charge in [0.15, 0.2) is 0 Å². The fourth-order valence-corrected chi connectivity index (χ4v) is 9.56. The van der Waals surface area contributed by atoms with Gasteiger partial charge in [-0.3, -0.25) is 19.2 Å². The second-order valence-corrected chi connectivity index (χ2v) is 19.8. The molecule has 386 valence electrons. The van der Waals surface area contributed by atoms with Crippen LogP contribution in [0.15, 0.2) is 60.7 Å². The molecule has 0 bridgehead atoms. The predicted molar refractivity (Wildman–Crippen MR) is 268 cm³/mol. The average molecular weight is 973 g/mol. The molecule has 0 aliphatic heterocycles. The molecule has 0 N–H and O–H groups in total. The number of hydrogen-bond acceptors (Lipinski definition) is 13. The summed E-state index contributed by atoms with van der Waals surface area (Å²) in [6, 6.07) is 12.9. The zero-order valence-electron chi connectivity index (χ0n) is 43.0. The van der Waals surface area contributed by atoms with Gasteiger partial charge in [0.05, 0.1) is 20.8 Å². The van der Waals surface area contributed by atoms with Crippen LogP contribution in [-0.2, 0) is 70.0 Å². The third-order valence-corrected chi connectivity index (χ3v) is 14.0. The van der Waals surface area contributed by atoms with Gasteiger partial charge in [0, 0.05) is 11.1 Å². The zero-order chi connectivity index (χ0) is 51.1. The molecule has 2 aromatic carbocycles. The Hall–Kier alpha value is -5.46. The molecule has 0 heterocycles. The quantitative estimate of drug-likeness (QED) is 0.0249. The number of carbonyl (C=O) groups is 6. The molecule has 2 fully saturated rings. The van der Waals surface area contributed by atoms with Gasteiger partial charge in [-0.15, -0.1) is 0 Å². The second-order valence-electron chi connectivity index (χ2n) is 19.8. The highest BCUT2D eigenvalue weighted by atomic mass is 16.6. The van der Waals surface area contributed by atoms with E-state index in [1.165, 1.54) is 102 Å². The molecule has 2 aromatic rings. The number of carbonyl (C=O) groups excluding carboxylic acids is 6. The molecular formula is C57H80O13. The normalized spacial score (nSPS) is 17.9. The maximum atomic E-state index is 12.8. The van der Waals surface area contributed by atoms with Crippen LogP contribution in [0.1, 0.15) is 159 Å². The van der Waals surface area contributed by atoms with Gasteiger partial charge < -0.3 is 33.2 Å². The van der Waals surface area contributed by atoms with E-state index < -0.39 is 73.9 Å². The first-order valence-corrected chi connectivity index (χ1v) is 25.6. The van der Waals surface area contributed by atoms with Crippen molar-refractivity contribution in [2.75, 3.05) is 47.3 Å². The van der Waals surface area contributed by atoms with Crippen LogP contribution >= 0.6 is 0 Å². The van der Waals surface area contributed by atoms with Crippen molar-refractivity contribution in [3.63, 3.8) is 0 Å². The van der Waals surface area contributed by atoms with Crippen LogP contribution in [0.4, 0.5) is 0 Å². The van der Waals surface area contributed by atoms with Crippen molar-refractivity contribution >= 4 is 35.8 Å². The van der Waals surface area contributed by atoms with Gasteiger partial charge in [0.1, 0.15) is 50.4 Å². The fourth-order valence-electron chi connectivity index (χ4n) is 9.56.